The van der Waals surface area contributed by atoms with Crippen molar-refractivity contribution in [2.24, 2.45) is 0 Å². The van der Waals surface area contributed by atoms with Crippen LogP contribution >= 0.6 is 0 Å². The van der Waals surface area contributed by atoms with Gasteiger partial charge in [0.1, 0.15) is 11.6 Å². The molecule has 0 radical (unpaired) electrons. The number of anilines is 4. The van der Waals surface area contributed by atoms with Crippen molar-refractivity contribution < 1.29 is 10.2 Å². The Hall–Kier alpha value is -6.52. The van der Waals surface area contributed by atoms with E-state index < -0.39 is 12.2 Å². The van der Waals surface area contributed by atoms with E-state index in [9.17, 15) is 19.8 Å². The molecule has 4 aliphatic rings. The van der Waals surface area contributed by atoms with Crippen LogP contribution in [0.3, 0.4) is 0 Å². The summed E-state index contributed by atoms with van der Waals surface area (Å²) in [5.74, 6) is 3.11. The van der Waals surface area contributed by atoms with Gasteiger partial charge in [0.15, 0.2) is 0 Å². The second kappa shape index (κ2) is 15.9. The van der Waals surface area contributed by atoms with Gasteiger partial charge in [-0.05, 0) is 110 Å². The number of nitrogens with one attached hydrogen (secondary N) is 4. The quantitative estimate of drug-likeness (QED) is 0.0960. The normalized spacial score (nSPS) is 25.8. The fourth-order valence-electron chi connectivity index (χ4n) is 8.74. The maximum atomic E-state index is 13.8. The van der Waals surface area contributed by atoms with Gasteiger partial charge in [-0.25, -0.2) is 29.9 Å². The lowest BCUT2D eigenvalue weighted by molar-refractivity contribution is 0.170. The van der Waals surface area contributed by atoms with Gasteiger partial charge in [0.05, 0.1) is 48.1 Å². The lowest BCUT2D eigenvalue weighted by Crippen LogP contribution is -2.28. The first-order valence-electron chi connectivity index (χ1n) is 20.7. The third kappa shape index (κ3) is 8.07. The SMILES string of the molecule is O=c1ccccn1-c1ccc(N[C@H]2C[C@H](Nc3ncc(C4CC4c4cccn(-c5ccc(N[C@@H]6C[C@@H](Nc7ncc(C8CC8)cn7)C[C@@H]6O)nc5)c4=O)cn3)C[C@H]2O)nc1. The van der Waals surface area contributed by atoms with E-state index in [0.717, 1.165) is 17.5 Å². The van der Waals surface area contributed by atoms with Gasteiger partial charge in [0.2, 0.25) is 11.9 Å². The largest absolute Gasteiger partial charge is 0.391 e. The van der Waals surface area contributed by atoms with Crippen molar-refractivity contribution in [2.45, 2.75) is 99.1 Å². The molecule has 4 saturated carbocycles. The van der Waals surface area contributed by atoms with Gasteiger partial charge in [0.25, 0.3) is 11.1 Å². The Bertz CT molecular complexity index is 2560. The predicted molar refractivity (Wildman–Crippen MR) is 226 cm³/mol. The Labute approximate surface area is 345 Å². The molecule has 0 saturated heterocycles. The van der Waals surface area contributed by atoms with E-state index in [1.165, 1.54) is 29.0 Å². The molecule has 16 nitrogen and oxygen atoms in total. The van der Waals surface area contributed by atoms with Crippen LogP contribution in [0.2, 0.25) is 0 Å². The number of aliphatic hydroxyl groups excluding tert-OH is 2. The highest BCUT2D eigenvalue weighted by Crippen LogP contribution is 2.53. The number of nitrogens with zero attached hydrogens (tertiary/aromatic N) is 8. The third-order valence-electron chi connectivity index (χ3n) is 12.3. The van der Waals surface area contributed by atoms with Crippen LogP contribution in [0.15, 0.2) is 114 Å². The number of rotatable bonds is 13. The first-order chi connectivity index (χ1) is 29.3. The number of hydrogen-bond donors (Lipinski definition) is 6. The van der Waals surface area contributed by atoms with Crippen molar-refractivity contribution in [2.75, 3.05) is 21.3 Å². The molecule has 6 aromatic rings. The van der Waals surface area contributed by atoms with E-state index in [0.29, 0.717) is 66.5 Å². The minimum absolute atomic E-state index is 0.0342. The summed E-state index contributed by atoms with van der Waals surface area (Å²) in [5.41, 5.74) is 4.00. The Balaban J connectivity index is 0.715. The Morgan fingerprint density at radius 2 is 1.10 bits per heavy atom. The summed E-state index contributed by atoms with van der Waals surface area (Å²) in [7, 11) is 0. The molecule has 16 heteroatoms. The molecule has 6 aromatic heterocycles. The van der Waals surface area contributed by atoms with Crippen molar-refractivity contribution in [3.05, 3.63) is 142 Å². The van der Waals surface area contributed by atoms with Crippen molar-refractivity contribution >= 4 is 23.5 Å². The molecule has 0 amide bonds. The standard InChI is InChI=1S/C44H46N12O4/c57-37-16-28(51-43-47-19-26(20-48-43)25-6-7-25)14-36(37)54-40-11-9-31(24-46-40)56-13-3-4-32(42(56)60)34-18-33(34)27-21-49-44(50-22-27)52-29-15-35(38(58)17-29)53-39-10-8-30(23-45-39)55-12-2-1-5-41(55)59/h1-5,8-13,19-25,28-29,33-38,57-58H,6-7,14-18H2,(H,45,53)(H,46,54)(H,47,48,51)(H,49,50,52)/t28-,29+,33?,34?,35+,36-,37+,38-/m1/s1. The average Bonchev–Trinajstić information content (AvgIpc) is 4.20. The summed E-state index contributed by atoms with van der Waals surface area (Å²) in [6.45, 7) is 0. The fraction of sp³-hybridized carbons (Fsp3) is 0.364. The van der Waals surface area contributed by atoms with Crippen LogP contribution in [0.4, 0.5) is 23.5 Å². The minimum atomic E-state index is -0.592. The highest BCUT2D eigenvalue weighted by molar-refractivity contribution is 5.45. The highest BCUT2D eigenvalue weighted by atomic mass is 16.3. The van der Waals surface area contributed by atoms with Crippen molar-refractivity contribution in [3.8, 4) is 11.4 Å². The molecule has 6 heterocycles. The van der Waals surface area contributed by atoms with E-state index in [4.69, 9.17) is 0 Å². The molecule has 10 rings (SSSR count). The molecular weight excluding hydrogens is 761 g/mol. The summed E-state index contributed by atoms with van der Waals surface area (Å²) in [6.07, 6.45) is 18.7. The molecule has 0 spiro atoms. The first kappa shape index (κ1) is 37.7. The van der Waals surface area contributed by atoms with E-state index in [1.54, 1.807) is 47.6 Å². The van der Waals surface area contributed by atoms with E-state index in [2.05, 4.69) is 51.2 Å². The highest BCUT2D eigenvalue weighted by Gasteiger charge is 2.42. The molecular formula is C44H46N12O4. The van der Waals surface area contributed by atoms with E-state index >= 15 is 0 Å². The number of aliphatic hydroxyl groups is 2. The van der Waals surface area contributed by atoms with Crippen LogP contribution in [0.5, 0.6) is 0 Å². The van der Waals surface area contributed by atoms with Crippen LogP contribution in [0.25, 0.3) is 11.4 Å². The molecule has 0 bridgehead atoms. The van der Waals surface area contributed by atoms with Gasteiger partial charge in [0, 0.05) is 60.9 Å². The van der Waals surface area contributed by atoms with Crippen molar-refractivity contribution in [1.29, 1.82) is 0 Å². The number of pyridine rings is 4. The smallest absolute Gasteiger partial charge is 0.258 e. The molecule has 4 fully saturated rings. The maximum absolute atomic E-state index is 13.8. The summed E-state index contributed by atoms with van der Waals surface area (Å²) in [5, 5.41) is 35.0. The monoisotopic (exact) mass is 806 g/mol. The maximum Gasteiger partial charge on any atom is 0.258 e. The van der Waals surface area contributed by atoms with Crippen LogP contribution in [0.1, 0.15) is 79.4 Å². The molecule has 0 aromatic carbocycles. The first-order valence-corrected chi connectivity index (χ1v) is 20.7. The zero-order chi connectivity index (χ0) is 40.7. The lowest BCUT2D eigenvalue weighted by atomic mass is 10.1. The van der Waals surface area contributed by atoms with Crippen LogP contribution in [-0.4, -0.2) is 85.6 Å². The van der Waals surface area contributed by atoms with Gasteiger partial charge in [-0.1, -0.05) is 12.1 Å². The summed E-state index contributed by atoms with van der Waals surface area (Å²) in [6, 6.07) is 15.7. The molecule has 8 atom stereocenters. The summed E-state index contributed by atoms with van der Waals surface area (Å²) >= 11 is 0. The zero-order valence-corrected chi connectivity index (χ0v) is 32.7. The molecule has 2 unspecified atom stereocenters. The fourth-order valence-corrected chi connectivity index (χ4v) is 8.74. The van der Waals surface area contributed by atoms with Gasteiger partial charge in [-0.15, -0.1) is 0 Å². The summed E-state index contributed by atoms with van der Waals surface area (Å²) < 4.78 is 3.15. The minimum Gasteiger partial charge on any atom is -0.391 e. The van der Waals surface area contributed by atoms with Gasteiger partial charge in [-0.2, -0.15) is 0 Å². The Morgan fingerprint density at radius 3 is 1.65 bits per heavy atom. The Morgan fingerprint density at radius 1 is 0.533 bits per heavy atom. The van der Waals surface area contributed by atoms with Crippen molar-refractivity contribution in [3.63, 3.8) is 0 Å². The third-order valence-corrected chi connectivity index (χ3v) is 12.3. The number of aromatic nitrogens is 8. The Kier molecular flexibility index (Phi) is 10.0. The topological polar surface area (TPSA) is 210 Å². The van der Waals surface area contributed by atoms with Crippen LogP contribution in [0, 0.1) is 0 Å². The van der Waals surface area contributed by atoms with Gasteiger partial charge in [-0.3, -0.25) is 18.7 Å². The van der Waals surface area contributed by atoms with E-state index in [1.807, 2.05) is 55.1 Å². The van der Waals surface area contributed by atoms with Crippen LogP contribution < -0.4 is 32.4 Å². The zero-order valence-electron chi connectivity index (χ0n) is 32.7. The molecule has 60 heavy (non-hydrogen) atoms. The second-order valence-electron chi connectivity index (χ2n) is 16.5. The molecule has 4 aliphatic carbocycles. The summed E-state index contributed by atoms with van der Waals surface area (Å²) in [4.78, 5) is 53.1. The second-order valence-corrected chi connectivity index (χ2v) is 16.5. The number of hydrogen-bond acceptors (Lipinski definition) is 14. The van der Waals surface area contributed by atoms with Crippen LogP contribution in [-0.2, 0) is 0 Å². The van der Waals surface area contributed by atoms with Gasteiger partial charge < -0.3 is 31.5 Å². The van der Waals surface area contributed by atoms with Crippen molar-refractivity contribution in [1.82, 2.24) is 39.0 Å². The molecule has 6 N–H and O–H groups in total. The average molecular weight is 807 g/mol. The van der Waals surface area contributed by atoms with E-state index in [-0.39, 0.29) is 47.1 Å². The molecule has 306 valence electrons. The molecule has 0 aliphatic heterocycles. The lowest BCUT2D eigenvalue weighted by Gasteiger charge is -2.17. The van der Waals surface area contributed by atoms with Gasteiger partial charge >= 0.3 is 0 Å². The predicted octanol–water partition coefficient (Wildman–Crippen LogP) is 4.34.